The minimum atomic E-state index is -5.01. The van der Waals surface area contributed by atoms with Gasteiger partial charge in [0.2, 0.25) is 0 Å². The number of halogens is 9. The first-order valence-electron chi connectivity index (χ1n) is 11.4. The molecule has 0 spiro atoms. The van der Waals surface area contributed by atoms with Crippen LogP contribution in [0.2, 0.25) is 0 Å². The van der Waals surface area contributed by atoms with Gasteiger partial charge in [-0.15, -0.1) is 0 Å². The summed E-state index contributed by atoms with van der Waals surface area (Å²) >= 11 is 0. The molecule has 0 aromatic heterocycles. The van der Waals surface area contributed by atoms with Crippen LogP contribution < -0.4 is 4.74 Å². The van der Waals surface area contributed by atoms with Crippen molar-refractivity contribution in [1.82, 2.24) is 0 Å². The maximum absolute atomic E-state index is 14.7. The van der Waals surface area contributed by atoms with E-state index in [1.807, 2.05) is 0 Å². The number of ketones is 1. The van der Waals surface area contributed by atoms with Crippen LogP contribution in [-0.4, -0.2) is 29.6 Å². The molecule has 0 aliphatic heterocycles. The Balaban J connectivity index is 2.23. The van der Waals surface area contributed by atoms with Gasteiger partial charge in [0.05, 0.1) is 6.42 Å². The van der Waals surface area contributed by atoms with Crippen LogP contribution in [-0.2, 0) is 16.6 Å². The maximum atomic E-state index is 14.7. The summed E-state index contributed by atoms with van der Waals surface area (Å²) in [7, 11) is 0. The number of hydrogen-bond acceptors (Lipinski definition) is 3. The molecule has 0 fully saturated rings. The average molecular weight is 564 g/mol. The van der Waals surface area contributed by atoms with Gasteiger partial charge in [0, 0.05) is 24.3 Å². The minimum Gasteiger partial charge on any atom is -0.508 e. The second-order valence-electron chi connectivity index (χ2n) is 8.90. The molecule has 0 saturated carbocycles. The maximum Gasteiger partial charge on any atom is 0.461 e. The van der Waals surface area contributed by atoms with Gasteiger partial charge in [-0.2, -0.15) is 30.7 Å². The van der Waals surface area contributed by atoms with Crippen LogP contribution in [0.5, 0.6) is 11.5 Å². The second kappa shape index (κ2) is 11.6. The van der Waals surface area contributed by atoms with Crippen molar-refractivity contribution in [2.75, 3.05) is 0 Å². The van der Waals surface area contributed by atoms with Crippen LogP contribution in [0.25, 0.3) is 0 Å². The van der Waals surface area contributed by atoms with E-state index in [-0.39, 0.29) is 23.3 Å². The van der Waals surface area contributed by atoms with Crippen molar-refractivity contribution in [1.29, 1.82) is 0 Å². The lowest BCUT2D eigenvalue weighted by Gasteiger charge is -2.36. The number of alkyl halides is 7. The SMILES string of the molecule is O=C(CCC(F)(F)F)C[C@](Cc1ccc(O)cc1)(c1ccc(F)cc1)c1cc(F)cc(OC(F)(F)C(F)F)c1. The van der Waals surface area contributed by atoms with Crippen LogP contribution >= 0.6 is 0 Å². The van der Waals surface area contributed by atoms with Gasteiger partial charge < -0.3 is 9.84 Å². The monoisotopic (exact) mass is 564 g/mol. The van der Waals surface area contributed by atoms with Gasteiger partial charge in [0.1, 0.15) is 28.9 Å². The summed E-state index contributed by atoms with van der Waals surface area (Å²) in [6.07, 6.45) is -17.4. The van der Waals surface area contributed by atoms with E-state index in [0.29, 0.717) is 11.6 Å². The van der Waals surface area contributed by atoms with E-state index in [4.69, 9.17) is 0 Å². The highest BCUT2D eigenvalue weighted by molar-refractivity contribution is 5.81. The number of carbonyl (C=O) groups excluding carboxylic acids is 1. The summed E-state index contributed by atoms with van der Waals surface area (Å²) in [5, 5.41) is 9.64. The number of phenolic OH excluding ortho intramolecular Hbond substituents is 1. The van der Waals surface area contributed by atoms with E-state index in [1.54, 1.807) is 0 Å². The standard InChI is InChI=1S/C27H21F9O3/c28-19-5-3-17(4-6-19)25(14-16-1-7-21(37)8-2-16,15-22(38)9-10-26(32,33)34)18-11-20(29)13-23(12-18)39-27(35,36)24(30)31/h1-8,11-13,24,37H,9-10,14-15H2/t25-/m1/s1. The molecule has 1 N–H and O–H groups in total. The fourth-order valence-corrected chi connectivity index (χ4v) is 4.17. The lowest BCUT2D eigenvalue weighted by molar-refractivity contribution is -0.253. The average Bonchev–Trinajstić information content (AvgIpc) is 2.83. The molecule has 0 aliphatic carbocycles. The topological polar surface area (TPSA) is 46.5 Å². The fourth-order valence-electron chi connectivity index (χ4n) is 4.17. The van der Waals surface area contributed by atoms with Gasteiger partial charge in [-0.3, -0.25) is 4.79 Å². The molecule has 0 aliphatic rings. The van der Waals surface area contributed by atoms with Crippen molar-refractivity contribution in [2.45, 2.75) is 49.8 Å². The summed E-state index contributed by atoms with van der Waals surface area (Å²) in [6, 6.07) is 11.6. The predicted molar refractivity (Wildman–Crippen MR) is 122 cm³/mol. The Morgan fingerprint density at radius 2 is 1.44 bits per heavy atom. The Morgan fingerprint density at radius 1 is 0.821 bits per heavy atom. The first-order valence-corrected chi connectivity index (χ1v) is 11.4. The van der Waals surface area contributed by atoms with E-state index >= 15 is 0 Å². The van der Waals surface area contributed by atoms with Crippen molar-refractivity contribution < 1.29 is 54.2 Å². The molecule has 0 bridgehead atoms. The van der Waals surface area contributed by atoms with E-state index in [1.165, 1.54) is 36.4 Å². The molecule has 39 heavy (non-hydrogen) atoms. The van der Waals surface area contributed by atoms with Crippen LogP contribution in [0.3, 0.4) is 0 Å². The van der Waals surface area contributed by atoms with Crippen molar-refractivity contribution >= 4 is 5.78 Å². The third-order valence-electron chi connectivity index (χ3n) is 5.96. The number of carbonyl (C=O) groups is 1. The predicted octanol–water partition coefficient (Wildman–Crippen LogP) is 7.74. The molecule has 12 heteroatoms. The molecule has 210 valence electrons. The van der Waals surface area contributed by atoms with Crippen molar-refractivity contribution in [3.63, 3.8) is 0 Å². The number of ether oxygens (including phenoxy) is 1. The van der Waals surface area contributed by atoms with E-state index in [9.17, 15) is 49.4 Å². The number of aromatic hydroxyl groups is 1. The third-order valence-corrected chi connectivity index (χ3v) is 5.96. The molecule has 0 radical (unpaired) electrons. The van der Waals surface area contributed by atoms with Crippen molar-refractivity contribution in [3.05, 3.63) is 95.1 Å². The molecule has 1 atom stereocenters. The smallest absolute Gasteiger partial charge is 0.461 e. The van der Waals surface area contributed by atoms with Gasteiger partial charge in [0.25, 0.3) is 0 Å². The van der Waals surface area contributed by atoms with Gasteiger partial charge >= 0.3 is 18.7 Å². The van der Waals surface area contributed by atoms with E-state index in [2.05, 4.69) is 4.74 Å². The Bertz CT molecular complexity index is 1270. The molecular weight excluding hydrogens is 543 g/mol. The van der Waals surface area contributed by atoms with Gasteiger partial charge in [-0.05, 0) is 59.5 Å². The molecule has 0 amide bonds. The van der Waals surface area contributed by atoms with Crippen LogP contribution in [0, 0.1) is 11.6 Å². The molecule has 0 heterocycles. The molecule has 3 aromatic carbocycles. The molecule has 3 aromatic rings. The lowest BCUT2D eigenvalue weighted by atomic mass is 9.67. The highest BCUT2D eigenvalue weighted by Gasteiger charge is 2.45. The number of rotatable bonds is 11. The Labute approximate surface area is 216 Å². The Morgan fingerprint density at radius 3 is 2.00 bits per heavy atom. The van der Waals surface area contributed by atoms with Gasteiger partial charge in [-0.25, -0.2) is 8.78 Å². The number of hydrogen-bond donors (Lipinski definition) is 1. The first-order chi connectivity index (χ1) is 18.1. The highest BCUT2D eigenvalue weighted by atomic mass is 19.4. The summed E-state index contributed by atoms with van der Waals surface area (Å²) in [5.74, 6) is -4.08. The zero-order chi connectivity index (χ0) is 29.0. The molecule has 0 saturated heterocycles. The van der Waals surface area contributed by atoms with Crippen molar-refractivity contribution in [3.8, 4) is 11.5 Å². The van der Waals surface area contributed by atoms with E-state index < -0.39 is 66.6 Å². The minimum absolute atomic E-state index is 0.0921. The zero-order valence-electron chi connectivity index (χ0n) is 19.9. The van der Waals surface area contributed by atoms with Crippen molar-refractivity contribution in [2.24, 2.45) is 0 Å². The highest BCUT2D eigenvalue weighted by Crippen LogP contribution is 2.43. The zero-order valence-corrected chi connectivity index (χ0v) is 19.9. The van der Waals surface area contributed by atoms with Crippen LogP contribution in [0.4, 0.5) is 39.5 Å². The summed E-state index contributed by atoms with van der Waals surface area (Å²) in [6.45, 7) is 0. The first kappa shape index (κ1) is 29.9. The van der Waals surface area contributed by atoms with E-state index in [0.717, 1.165) is 24.3 Å². The molecule has 3 rings (SSSR count). The van der Waals surface area contributed by atoms with Crippen LogP contribution in [0.1, 0.15) is 36.0 Å². The molecular formula is C27H21F9O3. The van der Waals surface area contributed by atoms with Gasteiger partial charge in [-0.1, -0.05) is 24.3 Å². The summed E-state index contributed by atoms with van der Waals surface area (Å²) < 4.78 is 124. The summed E-state index contributed by atoms with van der Waals surface area (Å²) in [4.78, 5) is 12.9. The summed E-state index contributed by atoms with van der Waals surface area (Å²) in [5.41, 5.74) is -1.62. The van der Waals surface area contributed by atoms with Crippen LogP contribution in [0.15, 0.2) is 66.7 Å². The largest absolute Gasteiger partial charge is 0.508 e. The quantitative estimate of drug-likeness (QED) is 0.243. The fraction of sp³-hybridized carbons (Fsp3) is 0.296. The number of benzene rings is 3. The lowest BCUT2D eigenvalue weighted by Crippen LogP contribution is -2.35. The van der Waals surface area contributed by atoms with Gasteiger partial charge in [0.15, 0.2) is 0 Å². The molecule has 0 unspecified atom stereocenters. The number of Topliss-reactive ketones (excluding diaryl/α,β-unsaturated/α-hetero) is 1. The Kier molecular flexibility index (Phi) is 8.87. The molecule has 3 nitrogen and oxygen atoms in total. The third kappa shape index (κ3) is 7.90. The second-order valence-corrected chi connectivity index (χ2v) is 8.90. The number of phenols is 1. The Hall–Kier alpha value is -3.70. The normalized spacial score (nSPS) is 13.8.